The van der Waals surface area contributed by atoms with E-state index in [0.717, 1.165) is 39.6 Å². The van der Waals surface area contributed by atoms with Crippen LogP contribution in [0.1, 0.15) is 5.56 Å². The van der Waals surface area contributed by atoms with Crippen molar-refractivity contribution in [3.8, 4) is 0 Å². The van der Waals surface area contributed by atoms with Crippen molar-refractivity contribution in [1.29, 1.82) is 0 Å². The number of rotatable bonds is 4. The number of fused-ring (bicyclic) bond motifs is 1. The summed E-state index contributed by atoms with van der Waals surface area (Å²) in [5, 5.41) is 14.3. The number of anilines is 1. The highest BCUT2D eigenvalue weighted by atomic mass is 32.2. The Morgan fingerprint density at radius 1 is 1.35 bits per heavy atom. The maximum Gasteiger partial charge on any atom is 0.145 e. The summed E-state index contributed by atoms with van der Waals surface area (Å²) in [5.41, 5.74) is 1.91. The Labute approximate surface area is 137 Å². The van der Waals surface area contributed by atoms with Crippen LogP contribution in [0.5, 0.6) is 0 Å². The molecule has 0 amide bonds. The molecule has 0 aliphatic carbocycles. The molecule has 0 fully saturated rings. The second-order valence-electron chi connectivity index (χ2n) is 5.19. The largest absolute Gasteiger partial charge is 0.394 e. The first-order valence-electron chi connectivity index (χ1n) is 7.38. The Morgan fingerprint density at radius 3 is 3.22 bits per heavy atom. The van der Waals surface area contributed by atoms with Crippen LogP contribution < -0.4 is 4.90 Å². The molecule has 0 aromatic carbocycles. The zero-order valence-corrected chi connectivity index (χ0v) is 13.2. The Hall–Kier alpha value is -2.32. The van der Waals surface area contributed by atoms with Gasteiger partial charge in [0.1, 0.15) is 17.8 Å². The van der Waals surface area contributed by atoms with E-state index in [-0.39, 0.29) is 6.61 Å². The van der Waals surface area contributed by atoms with Crippen LogP contribution in [-0.4, -0.2) is 48.7 Å². The van der Waals surface area contributed by atoms with Crippen molar-refractivity contribution < 1.29 is 5.11 Å². The SMILES string of the molecule is OCCn1cc(C2=CN(c3ncnc4[nH]ccc34)CCS2)cn1. The van der Waals surface area contributed by atoms with Gasteiger partial charge in [-0.15, -0.1) is 11.8 Å². The highest BCUT2D eigenvalue weighted by Gasteiger charge is 2.18. The van der Waals surface area contributed by atoms with Crippen molar-refractivity contribution in [2.45, 2.75) is 6.54 Å². The molecule has 3 aromatic rings. The van der Waals surface area contributed by atoms with Gasteiger partial charge in [0.2, 0.25) is 0 Å². The van der Waals surface area contributed by atoms with E-state index < -0.39 is 0 Å². The van der Waals surface area contributed by atoms with Crippen molar-refractivity contribution in [3.05, 3.63) is 42.7 Å². The summed E-state index contributed by atoms with van der Waals surface area (Å²) in [4.78, 5) is 15.1. The molecule has 8 heteroatoms. The fraction of sp³-hybridized carbons (Fsp3) is 0.267. The number of thioether (sulfide) groups is 1. The predicted molar refractivity (Wildman–Crippen MR) is 91.0 cm³/mol. The molecule has 0 saturated carbocycles. The third-order valence-electron chi connectivity index (χ3n) is 3.71. The maximum atomic E-state index is 9.00. The van der Waals surface area contributed by atoms with Gasteiger partial charge in [-0.05, 0) is 6.07 Å². The zero-order valence-electron chi connectivity index (χ0n) is 12.4. The van der Waals surface area contributed by atoms with Crippen molar-refractivity contribution in [2.24, 2.45) is 0 Å². The molecule has 0 bridgehead atoms. The molecule has 0 saturated heterocycles. The number of nitrogens with zero attached hydrogens (tertiary/aromatic N) is 5. The molecule has 23 heavy (non-hydrogen) atoms. The van der Waals surface area contributed by atoms with E-state index in [1.807, 2.05) is 24.7 Å². The standard InChI is InChI=1S/C15H16N6OS/c22-5-3-21-8-11(7-19-21)13-9-20(4-6-23-13)15-12-1-2-16-14(12)17-10-18-15/h1-2,7-10,22H,3-6H2,(H,16,17,18). The summed E-state index contributed by atoms with van der Waals surface area (Å²) < 4.78 is 1.75. The molecule has 0 atom stereocenters. The highest BCUT2D eigenvalue weighted by molar-refractivity contribution is 8.08. The minimum Gasteiger partial charge on any atom is -0.394 e. The minimum absolute atomic E-state index is 0.0891. The molecule has 0 radical (unpaired) electrons. The summed E-state index contributed by atoms with van der Waals surface area (Å²) in [6, 6.07) is 2.00. The fourth-order valence-corrected chi connectivity index (χ4v) is 3.61. The van der Waals surface area contributed by atoms with Crippen LogP contribution >= 0.6 is 11.8 Å². The Bertz CT molecular complexity index is 854. The van der Waals surface area contributed by atoms with Crippen molar-refractivity contribution in [1.82, 2.24) is 24.7 Å². The first-order valence-corrected chi connectivity index (χ1v) is 8.37. The maximum absolute atomic E-state index is 9.00. The molecule has 1 aliphatic heterocycles. The molecule has 2 N–H and O–H groups in total. The van der Waals surface area contributed by atoms with Crippen LogP contribution in [0.3, 0.4) is 0 Å². The van der Waals surface area contributed by atoms with Gasteiger partial charge in [-0.3, -0.25) is 4.68 Å². The van der Waals surface area contributed by atoms with E-state index >= 15 is 0 Å². The lowest BCUT2D eigenvalue weighted by Gasteiger charge is -2.25. The fourth-order valence-electron chi connectivity index (χ4n) is 2.63. The van der Waals surface area contributed by atoms with Crippen molar-refractivity contribution in [3.63, 3.8) is 0 Å². The van der Waals surface area contributed by atoms with Gasteiger partial charge in [-0.1, -0.05) is 0 Å². The van der Waals surface area contributed by atoms with Crippen LogP contribution in [0, 0.1) is 0 Å². The lowest BCUT2D eigenvalue weighted by Crippen LogP contribution is -2.24. The monoisotopic (exact) mass is 328 g/mol. The van der Waals surface area contributed by atoms with E-state index in [4.69, 9.17) is 5.11 Å². The topological polar surface area (TPSA) is 82.9 Å². The summed E-state index contributed by atoms with van der Waals surface area (Å²) in [7, 11) is 0. The Kier molecular flexibility index (Phi) is 3.76. The van der Waals surface area contributed by atoms with E-state index in [2.05, 4.69) is 31.2 Å². The van der Waals surface area contributed by atoms with Crippen LogP contribution in [0.2, 0.25) is 0 Å². The smallest absolute Gasteiger partial charge is 0.145 e. The summed E-state index contributed by atoms with van der Waals surface area (Å²) >= 11 is 1.81. The van der Waals surface area contributed by atoms with Gasteiger partial charge in [0.25, 0.3) is 0 Å². The molecule has 7 nitrogen and oxygen atoms in total. The van der Waals surface area contributed by atoms with E-state index in [1.54, 1.807) is 22.8 Å². The number of hydrogen-bond donors (Lipinski definition) is 2. The number of aliphatic hydroxyl groups is 1. The second kappa shape index (κ2) is 6.05. The van der Waals surface area contributed by atoms with Gasteiger partial charge in [-0.25, -0.2) is 9.97 Å². The van der Waals surface area contributed by atoms with E-state index in [1.165, 1.54) is 0 Å². The highest BCUT2D eigenvalue weighted by Crippen LogP contribution is 2.34. The number of hydrogen-bond acceptors (Lipinski definition) is 6. The lowest BCUT2D eigenvalue weighted by molar-refractivity contribution is 0.269. The molecule has 4 heterocycles. The Balaban J connectivity index is 1.68. The van der Waals surface area contributed by atoms with Gasteiger partial charge >= 0.3 is 0 Å². The first kappa shape index (κ1) is 14.3. The average Bonchev–Trinajstić information content (AvgIpc) is 3.24. The lowest BCUT2D eigenvalue weighted by atomic mass is 10.3. The van der Waals surface area contributed by atoms with Crippen molar-refractivity contribution >= 4 is 33.5 Å². The van der Waals surface area contributed by atoms with E-state index in [0.29, 0.717) is 6.54 Å². The van der Waals surface area contributed by atoms with Crippen LogP contribution in [-0.2, 0) is 6.54 Å². The Morgan fingerprint density at radius 2 is 2.30 bits per heavy atom. The normalized spacial score (nSPS) is 15.2. The summed E-state index contributed by atoms with van der Waals surface area (Å²) in [6.07, 6.45) is 9.38. The molecule has 0 unspecified atom stereocenters. The third-order valence-corrected chi connectivity index (χ3v) is 4.75. The van der Waals surface area contributed by atoms with Crippen LogP contribution in [0.25, 0.3) is 15.9 Å². The second-order valence-corrected chi connectivity index (χ2v) is 6.32. The summed E-state index contributed by atoms with van der Waals surface area (Å²) in [5.74, 6) is 1.89. The molecular weight excluding hydrogens is 312 g/mol. The van der Waals surface area contributed by atoms with Gasteiger partial charge in [-0.2, -0.15) is 5.10 Å². The molecule has 3 aromatic heterocycles. The number of H-pyrrole nitrogens is 1. The third kappa shape index (κ3) is 2.71. The van der Waals surface area contributed by atoms with Gasteiger partial charge in [0.15, 0.2) is 0 Å². The molecule has 118 valence electrons. The van der Waals surface area contributed by atoms with Gasteiger partial charge < -0.3 is 15.0 Å². The first-order chi connectivity index (χ1) is 11.3. The minimum atomic E-state index is 0.0891. The molecule has 1 aliphatic rings. The molecular formula is C15H16N6OS. The van der Waals surface area contributed by atoms with E-state index in [9.17, 15) is 0 Å². The number of nitrogens with one attached hydrogen (secondary N) is 1. The van der Waals surface area contributed by atoms with Gasteiger partial charge in [0, 0.05) is 41.4 Å². The van der Waals surface area contributed by atoms with Crippen LogP contribution in [0.4, 0.5) is 5.82 Å². The molecule has 4 rings (SSSR count). The predicted octanol–water partition coefficient (Wildman–Crippen LogP) is 1.70. The average molecular weight is 328 g/mol. The summed E-state index contributed by atoms with van der Waals surface area (Å²) in [6.45, 7) is 1.50. The zero-order chi connectivity index (χ0) is 15.6. The quantitative estimate of drug-likeness (QED) is 0.758. The number of aromatic amines is 1. The number of aliphatic hydroxyl groups excluding tert-OH is 1. The van der Waals surface area contributed by atoms with Crippen molar-refractivity contribution in [2.75, 3.05) is 23.8 Å². The number of aromatic nitrogens is 5. The van der Waals surface area contributed by atoms with Crippen LogP contribution in [0.15, 0.2) is 37.2 Å². The molecule has 0 spiro atoms. The van der Waals surface area contributed by atoms with Gasteiger partial charge in [0.05, 0.1) is 24.7 Å².